The van der Waals surface area contributed by atoms with E-state index in [4.69, 9.17) is 4.52 Å². The first-order valence-electron chi connectivity index (χ1n) is 13.1. The first-order chi connectivity index (χ1) is 19.3. The Morgan fingerprint density at radius 3 is 2.62 bits per heavy atom. The number of ketones is 1. The van der Waals surface area contributed by atoms with Gasteiger partial charge in [-0.3, -0.25) is 19.7 Å². The topological polar surface area (TPSA) is 135 Å². The number of anilines is 3. The third-order valence-electron chi connectivity index (χ3n) is 7.55. The van der Waals surface area contributed by atoms with Crippen LogP contribution in [0.2, 0.25) is 0 Å². The van der Waals surface area contributed by atoms with E-state index in [1.165, 1.54) is 18.2 Å². The van der Waals surface area contributed by atoms with Crippen molar-refractivity contribution >= 4 is 45.8 Å². The lowest BCUT2D eigenvalue weighted by molar-refractivity contribution is -0.137. The molecule has 2 aliphatic rings. The van der Waals surface area contributed by atoms with Crippen LogP contribution in [0.25, 0.3) is 10.9 Å². The molecular formula is C28H28FN7O4. The molecule has 6 rings (SSSR count). The number of aromatic nitrogens is 4. The lowest BCUT2D eigenvalue weighted by Gasteiger charge is -2.23. The average Bonchev–Trinajstić information content (AvgIpc) is 3.26. The second-order valence-corrected chi connectivity index (χ2v) is 10.5. The number of halogens is 1. The fourth-order valence-corrected chi connectivity index (χ4v) is 5.32. The summed E-state index contributed by atoms with van der Waals surface area (Å²) in [4.78, 5) is 48.1. The normalized spacial score (nSPS) is 21.9. The molecule has 0 radical (unpaired) electrons. The number of carbonyl (C=O) groups excluding carboxylic acids is 3. The minimum atomic E-state index is -1.33. The molecule has 2 unspecified atom stereocenters. The highest BCUT2D eigenvalue weighted by atomic mass is 19.1. The van der Waals surface area contributed by atoms with E-state index in [0.29, 0.717) is 34.0 Å². The van der Waals surface area contributed by atoms with Crippen LogP contribution in [0.1, 0.15) is 48.7 Å². The molecule has 2 fully saturated rings. The Kier molecular flexibility index (Phi) is 6.53. The van der Waals surface area contributed by atoms with E-state index in [9.17, 15) is 18.8 Å². The molecule has 206 valence electrons. The zero-order valence-corrected chi connectivity index (χ0v) is 22.0. The van der Waals surface area contributed by atoms with Crippen molar-refractivity contribution in [2.75, 3.05) is 17.2 Å². The van der Waals surface area contributed by atoms with Crippen molar-refractivity contribution < 1.29 is 23.3 Å². The Hall–Kier alpha value is -4.61. The smallest absolute Gasteiger partial charge is 0.249 e. The number of amides is 2. The number of carbonyl (C=O) groups is 3. The Morgan fingerprint density at radius 1 is 1.12 bits per heavy atom. The molecule has 12 heteroatoms. The highest BCUT2D eigenvalue weighted by Gasteiger charge is 2.41. The van der Waals surface area contributed by atoms with Gasteiger partial charge in [-0.1, -0.05) is 12.1 Å². The largest absolute Gasteiger partial charge is 0.353 e. The fourth-order valence-electron chi connectivity index (χ4n) is 5.32. The summed E-state index contributed by atoms with van der Waals surface area (Å²) in [5.74, 6) is -0.0833. The Morgan fingerprint density at radius 2 is 1.90 bits per heavy atom. The SMILES string of the molecule is CC(=O)c1cn(CC(=O)N2C[C@H](F)C[C@H]2C(=O)Nc2cc(C3CC3C)no2)c2ccc(Nc3cncnc3)cc12. The lowest BCUT2D eigenvalue weighted by atomic mass is 10.1. The zero-order valence-electron chi connectivity index (χ0n) is 22.0. The van der Waals surface area contributed by atoms with Crippen molar-refractivity contribution in [3.05, 3.63) is 60.4 Å². The van der Waals surface area contributed by atoms with Gasteiger partial charge in [0.15, 0.2) is 5.78 Å². The Labute approximate surface area is 228 Å². The minimum absolute atomic E-state index is 0.110. The molecule has 1 saturated heterocycles. The molecule has 4 atom stereocenters. The van der Waals surface area contributed by atoms with Gasteiger partial charge >= 0.3 is 0 Å². The predicted molar refractivity (Wildman–Crippen MR) is 144 cm³/mol. The highest BCUT2D eigenvalue weighted by molar-refractivity contribution is 6.08. The minimum Gasteiger partial charge on any atom is -0.353 e. The molecule has 4 aromatic rings. The maximum atomic E-state index is 14.5. The molecule has 1 saturated carbocycles. The summed E-state index contributed by atoms with van der Waals surface area (Å²) in [6.07, 6.45) is 5.88. The quantitative estimate of drug-likeness (QED) is 0.317. The van der Waals surface area contributed by atoms with Crippen LogP contribution in [0.5, 0.6) is 0 Å². The summed E-state index contributed by atoms with van der Waals surface area (Å²) in [5, 5.41) is 10.5. The van der Waals surface area contributed by atoms with Gasteiger partial charge in [-0.25, -0.2) is 14.4 Å². The maximum Gasteiger partial charge on any atom is 0.249 e. The molecule has 11 nitrogen and oxygen atoms in total. The van der Waals surface area contributed by atoms with Crippen molar-refractivity contribution in [2.24, 2.45) is 5.92 Å². The first-order valence-corrected chi connectivity index (χ1v) is 13.1. The number of benzene rings is 1. The summed E-state index contributed by atoms with van der Waals surface area (Å²) in [6, 6.07) is 6.13. The van der Waals surface area contributed by atoms with Gasteiger partial charge in [0.05, 0.1) is 30.3 Å². The van der Waals surface area contributed by atoms with Gasteiger partial charge in [0.2, 0.25) is 17.7 Å². The average molecular weight is 546 g/mol. The van der Waals surface area contributed by atoms with Crippen LogP contribution < -0.4 is 10.6 Å². The van der Waals surface area contributed by atoms with Crippen LogP contribution in [-0.2, 0) is 16.1 Å². The summed E-state index contributed by atoms with van der Waals surface area (Å²) in [7, 11) is 0. The van der Waals surface area contributed by atoms with Gasteiger partial charge in [-0.15, -0.1) is 0 Å². The summed E-state index contributed by atoms with van der Waals surface area (Å²) >= 11 is 0. The number of likely N-dealkylation sites (tertiary alicyclic amines) is 1. The molecule has 0 bridgehead atoms. The van der Waals surface area contributed by atoms with E-state index in [2.05, 4.69) is 32.7 Å². The molecule has 4 heterocycles. The van der Waals surface area contributed by atoms with Gasteiger partial charge in [-0.05, 0) is 37.5 Å². The van der Waals surface area contributed by atoms with Crippen molar-refractivity contribution in [3.63, 3.8) is 0 Å². The molecule has 40 heavy (non-hydrogen) atoms. The second kappa shape index (κ2) is 10.2. The molecule has 3 aromatic heterocycles. The van der Waals surface area contributed by atoms with Crippen LogP contribution in [-0.4, -0.2) is 60.9 Å². The van der Waals surface area contributed by atoms with Crippen molar-refractivity contribution in [1.82, 2.24) is 24.6 Å². The lowest BCUT2D eigenvalue weighted by Crippen LogP contribution is -2.44. The Bertz CT molecular complexity index is 1600. The summed E-state index contributed by atoms with van der Waals surface area (Å²) in [5.41, 5.74) is 3.29. The maximum absolute atomic E-state index is 14.5. The van der Waals surface area contributed by atoms with Crippen LogP contribution >= 0.6 is 0 Å². The van der Waals surface area contributed by atoms with Crippen LogP contribution in [0.3, 0.4) is 0 Å². The fraction of sp³-hybridized carbons (Fsp3) is 0.357. The number of nitrogens with one attached hydrogen (secondary N) is 2. The van der Waals surface area contributed by atoms with Crippen molar-refractivity contribution in [1.29, 1.82) is 0 Å². The third-order valence-corrected chi connectivity index (χ3v) is 7.55. The first kappa shape index (κ1) is 25.7. The number of fused-ring (bicyclic) bond motifs is 1. The van der Waals surface area contributed by atoms with E-state index < -0.39 is 24.0 Å². The van der Waals surface area contributed by atoms with E-state index in [1.807, 2.05) is 12.1 Å². The third kappa shape index (κ3) is 5.04. The molecule has 1 aliphatic heterocycles. The van der Waals surface area contributed by atoms with Gasteiger partial charge in [0, 0.05) is 46.8 Å². The number of rotatable bonds is 8. The Balaban J connectivity index is 1.20. The second-order valence-electron chi connectivity index (χ2n) is 10.5. The van der Waals surface area contributed by atoms with E-state index >= 15 is 0 Å². The zero-order chi connectivity index (χ0) is 28.0. The number of Topliss-reactive ketones (excluding diaryl/α,β-unsaturated/α-hetero) is 1. The standard InChI is InChI=1S/C28H28FN7O4/c1-15-5-20(15)23-8-26(40-34-23)33-28(39)25-6-17(29)11-36(25)27(38)13-35-12-22(16(2)37)21-7-18(3-4-24(21)35)32-19-9-30-14-31-10-19/h3-4,7-10,12,14-15,17,20,25,32H,5-6,11,13H2,1-2H3,(H,33,39)/t15?,17-,20?,25+/m1/s1. The van der Waals surface area contributed by atoms with Gasteiger partial charge in [-0.2, -0.15) is 0 Å². The molecule has 2 amide bonds. The molecule has 1 aliphatic carbocycles. The van der Waals surface area contributed by atoms with Gasteiger partial charge < -0.3 is 19.3 Å². The molecule has 1 aromatic carbocycles. The molecule has 2 N–H and O–H groups in total. The van der Waals surface area contributed by atoms with Crippen molar-refractivity contribution in [2.45, 2.75) is 51.4 Å². The summed E-state index contributed by atoms with van der Waals surface area (Å²) in [6.45, 7) is 3.22. The monoisotopic (exact) mass is 545 g/mol. The number of hydrogen-bond acceptors (Lipinski definition) is 8. The number of nitrogens with zero attached hydrogens (tertiary/aromatic N) is 5. The van der Waals surface area contributed by atoms with Crippen LogP contribution in [0.4, 0.5) is 21.6 Å². The highest BCUT2D eigenvalue weighted by Crippen LogP contribution is 2.46. The van der Waals surface area contributed by atoms with Gasteiger partial charge in [0.25, 0.3) is 0 Å². The van der Waals surface area contributed by atoms with Crippen LogP contribution in [0, 0.1) is 5.92 Å². The van der Waals surface area contributed by atoms with E-state index in [1.54, 1.807) is 35.3 Å². The van der Waals surface area contributed by atoms with Crippen LogP contribution in [0.15, 0.2) is 53.7 Å². The molecule has 0 spiro atoms. The van der Waals surface area contributed by atoms with E-state index in [-0.39, 0.29) is 31.2 Å². The predicted octanol–water partition coefficient (Wildman–Crippen LogP) is 4.07. The van der Waals surface area contributed by atoms with Crippen molar-refractivity contribution in [3.8, 4) is 0 Å². The van der Waals surface area contributed by atoms with E-state index in [0.717, 1.165) is 17.8 Å². The molecular weight excluding hydrogens is 517 g/mol. The summed E-state index contributed by atoms with van der Waals surface area (Å²) < 4.78 is 21.4. The number of alkyl halides is 1. The van der Waals surface area contributed by atoms with Gasteiger partial charge in [0.1, 0.15) is 25.1 Å². The number of hydrogen-bond donors (Lipinski definition) is 2.